The molecule has 2 rings (SSSR count). The van der Waals surface area contributed by atoms with Crippen LogP contribution in [0.2, 0.25) is 0 Å². The molecule has 1 fully saturated rings. The van der Waals surface area contributed by atoms with Crippen LogP contribution in [-0.2, 0) is 4.79 Å². The summed E-state index contributed by atoms with van der Waals surface area (Å²) in [5.41, 5.74) is 2.72. The zero-order chi connectivity index (χ0) is 18.6. The number of hydrogen-bond acceptors (Lipinski definition) is 4. The number of phenolic OH excluding ortho intramolecular Hbond substituents is 1. The molecule has 2 N–H and O–H groups in total. The number of benzene rings is 1. The monoisotopic (exact) mass is 334 g/mol. The number of anilines is 1. The third-order valence-corrected chi connectivity index (χ3v) is 3.56. The molecule has 0 aliphatic carbocycles. The van der Waals surface area contributed by atoms with E-state index in [9.17, 15) is 0 Å². The Kier molecular flexibility index (Phi) is 10.8. The number of hydrogen-bond donors (Lipinski definition) is 2. The van der Waals surface area contributed by atoms with Gasteiger partial charge in [0.25, 0.3) is 0 Å². The lowest BCUT2D eigenvalue weighted by molar-refractivity contribution is -0.0979. The summed E-state index contributed by atoms with van der Waals surface area (Å²) in [7, 11) is 1.81. The van der Waals surface area contributed by atoms with Crippen molar-refractivity contribution in [2.45, 2.75) is 40.0 Å². The van der Waals surface area contributed by atoms with E-state index in [0.29, 0.717) is 11.2 Å². The van der Waals surface area contributed by atoms with Crippen molar-refractivity contribution in [1.29, 1.82) is 0 Å². The molecule has 0 amide bonds. The number of likely N-dealkylation sites (tertiary alicyclic amines) is 1. The van der Waals surface area contributed by atoms with Gasteiger partial charge in [-0.1, -0.05) is 39.0 Å². The van der Waals surface area contributed by atoms with Gasteiger partial charge in [0.05, 0.1) is 0 Å². The number of carbonyl (C=O) groups is 1. The first-order chi connectivity index (χ1) is 11.3. The maximum absolute atomic E-state index is 8.90. The lowest BCUT2D eigenvalue weighted by Gasteiger charge is -2.23. The van der Waals surface area contributed by atoms with Gasteiger partial charge in [0.15, 0.2) is 0 Å². The number of rotatable bonds is 4. The van der Waals surface area contributed by atoms with Crippen molar-refractivity contribution >= 4 is 12.5 Å². The molecule has 0 atom stereocenters. The van der Waals surface area contributed by atoms with Gasteiger partial charge in [0, 0.05) is 25.3 Å². The van der Waals surface area contributed by atoms with Crippen LogP contribution in [0, 0.1) is 5.41 Å². The highest BCUT2D eigenvalue weighted by Crippen LogP contribution is 2.24. The maximum Gasteiger partial charge on any atom is 0.117 e. The molecular formula is C20H34N2O2. The van der Waals surface area contributed by atoms with E-state index in [2.05, 4.69) is 37.6 Å². The van der Waals surface area contributed by atoms with Gasteiger partial charge in [0.1, 0.15) is 12.5 Å². The molecule has 1 aromatic rings. The van der Waals surface area contributed by atoms with Gasteiger partial charge in [-0.05, 0) is 49.9 Å². The van der Waals surface area contributed by atoms with E-state index in [4.69, 9.17) is 9.90 Å². The molecule has 4 nitrogen and oxygen atoms in total. The van der Waals surface area contributed by atoms with Crippen LogP contribution in [0.15, 0.2) is 36.4 Å². The average molecular weight is 335 g/mol. The lowest BCUT2D eigenvalue weighted by atomic mass is 9.88. The summed E-state index contributed by atoms with van der Waals surface area (Å²) in [6.07, 6.45) is 3.91. The van der Waals surface area contributed by atoms with Crippen LogP contribution in [0.3, 0.4) is 0 Å². The highest BCUT2D eigenvalue weighted by Gasteiger charge is 2.16. The van der Waals surface area contributed by atoms with Crippen LogP contribution >= 0.6 is 0 Å². The summed E-state index contributed by atoms with van der Waals surface area (Å²) < 4.78 is 0. The third-order valence-electron chi connectivity index (χ3n) is 3.56. The molecule has 0 spiro atoms. The van der Waals surface area contributed by atoms with Crippen LogP contribution in [0.1, 0.15) is 40.0 Å². The van der Waals surface area contributed by atoms with E-state index in [-0.39, 0.29) is 0 Å². The van der Waals surface area contributed by atoms with E-state index in [1.165, 1.54) is 31.5 Å². The van der Waals surface area contributed by atoms with Crippen LogP contribution in [0.4, 0.5) is 5.69 Å². The largest absolute Gasteiger partial charge is 0.508 e. The minimum atomic E-state index is 0.293. The predicted octanol–water partition coefficient (Wildman–Crippen LogP) is 4.32. The number of nitrogens with one attached hydrogen (secondary N) is 1. The molecular weight excluding hydrogens is 300 g/mol. The average Bonchev–Trinajstić information content (AvgIpc) is 3.01. The Labute approximate surface area is 147 Å². The topological polar surface area (TPSA) is 52.6 Å². The van der Waals surface area contributed by atoms with Gasteiger partial charge < -0.3 is 15.2 Å². The Hall–Kier alpha value is -1.81. The fourth-order valence-corrected chi connectivity index (χ4v) is 2.72. The molecule has 136 valence electrons. The van der Waals surface area contributed by atoms with Crippen molar-refractivity contribution in [3.8, 4) is 5.75 Å². The van der Waals surface area contributed by atoms with Crippen LogP contribution < -0.4 is 5.32 Å². The van der Waals surface area contributed by atoms with Gasteiger partial charge in [0.2, 0.25) is 0 Å². The first-order valence-corrected chi connectivity index (χ1v) is 8.45. The predicted molar refractivity (Wildman–Crippen MR) is 104 cm³/mol. The van der Waals surface area contributed by atoms with Crippen molar-refractivity contribution in [2.24, 2.45) is 5.41 Å². The molecule has 1 heterocycles. The molecule has 24 heavy (non-hydrogen) atoms. The van der Waals surface area contributed by atoms with Crippen molar-refractivity contribution in [2.75, 3.05) is 32.0 Å². The van der Waals surface area contributed by atoms with Crippen LogP contribution in [0.5, 0.6) is 5.75 Å². The van der Waals surface area contributed by atoms with Gasteiger partial charge in [-0.15, -0.1) is 0 Å². The van der Waals surface area contributed by atoms with Crippen LogP contribution in [0.25, 0.3) is 0 Å². The first kappa shape index (κ1) is 22.2. The zero-order valence-corrected chi connectivity index (χ0v) is 15.8. The SMILES string of the molecule is C=C(CN1CCCC1)CC(C)(C)C.C=O.CNc1cccc(O)c1. The number of nitrogens with zero attached hydrogens (tertiary/aromatic N) is 1. The highest BCUT2D eigenvalue weighted by atomic mass is 16.3. The Bertz CT molecular complexity index is 475. The fraction of sp³-hybridized carbons (Fsp3) is 0.550. The summed E-state index contributed by atoms with van der Waals surface area (Å²) in [5.74, 6) is 0.293. The Morgan fingerprint density at radius 2 is 1.83 bits per heavy atom. The van der Waals surface area contributed by atoms with Gasteiger partial charge in [-0.3, -0.25) is 4.90 Å². The minimum Gasteiger partial charge on any atom is -0.508 e. The molecule has 1 aromatic carbocycles. The second kappa shape index (κ2) is 11.7. The summed E-state index contributed by atoms with van der Waals surface area (Å²) >= 11 is 0. The van der Waals surface area contributed by atoms with Gasteiger partial charge >= 0.3 is 0 Å². The summed E-state index contributed by atoms with van der Waals surface area (Å²) in [5, 5.41) is 11.8. The number of carbonyl (C=O) groups excluding carboxylic acids is 1. The third kappa shape index (κ3) is 10.8. The van der Waals surface area contributed by atoms with Crippen molar-refractivity contribution in [3.63, 3.8) is 0 Å². The van der Waals surface area contributed by atoms with Crippen molar-refractivity contribution in [1.82, 2.24) is 4.90 Å². The van der Waals surface area contributed by atoms with Gasteiger partial charge in [-0.2, -0.15) is 0 Å². The molecule has 0 saturated carbocycles. The van der Waals surface area contributed by atoms with Crippen molar-refractivity contribution in [3.05, 3.63) is 36.4 Å². The van der Waals surface area contributed by atoms with Crippen LogP contribution in [-0.4, -0.2) is 43.5 Å². The maximum atomic E-state index is 8.90. The molecule has 0 bridgehead atoms. The quantitative estimate of drug-likeness (QED) is 0.805. The summed E-state index contributed by atoms with van der Waals surface area (Å²) in [6, 6.07) is 6.99. The second-order valence-electron chi connectivity index (χ2n) is 7.27. The molecule has 1 saturated heterocycles. The fourth-order valence-electron chi connectivity index (χ4n) is 2.72. The minimum absolute atomic E-state index is 0.293. The van der Waals surface area contributed by atoms with E-state index < -0.39 is 0 Å². The Balaban J connectivity index is 0.000000420. The molecule has 0 aromatic heterocycles. The lowest BCUT2D eigenvalue weighted by Crippen LogP contribution is -2.23. The van der Waals surface area contributed by atoms with E-state index in [1.807, 2.05) is 19.9 Å². The Morgan fingerprint density at radius 1 is 1.25 bits per heavy atom. The van der Waals surface area contributed by atoms with E-state index in [0.717, 1.165) is 18.7 Å². The number of phenols is 1. The van der Waals surface area contributed by atoms with Gasteiger partial charge in [-0.25, -0.2) is 0 Å². The Morgan fingerprint density at radius 3 is 2.25 bits per heavy atom. The van der Waals surface area contributed by atoms with Crippen molar-refractivity contribution < 1.29 is 9.90 Å². The normalized spacial score (nSPS) is 14.0. The molecule has 0 radical (unpaired) electrons. The number of aromatic hydroxyl groups is 1. The van der Waals surface area contributed by atoms with E-state index >= 15 is 0 Å². The molecule has 0 unspecified atom stereocenters. The summed E-state index contributed by atoms with van der Waals surface area (Å²) in [4.78, 5) is 10.5. The second-order valence-corrected chi connectivity index (χ2v) is 7.27. The highest BCUT2D eigenvalue weighted by molar-refractivity contribution is 5.46. The smallest absolute Gasteiger partial charge is 0.117 e. The summed E-state index contributed by atoms with van der Waals surface area (Å²) in [6.45, 7) is 16.7. The standard InChI is InChI=1S/C12H23N.C7H9NO.CH2O/c1-11(9-12(2,3)4)10-13-7-5-6-8-13;1-8-6-3-2-4-7(9)5-6;1-2/h1,5-10H2,2-4H3;2-5,8-9H,1H3;1H2. The van der Waals surface area contributed by atoms with E-state index in [1.54, 1.807) is 18.2 Å². The zero-order valence-electron chi connectivity index (χ0n) is 15.8. The molecule has 1 aliphatic rings. The first-order valence-electron chi connectivity index (χ1n) is 8.45. The molecule has 4 heteroatoms. The molecule has 1 aliphatic heterocycles.